The highest BCUT2D eigenvalue weighted by Crippen LogP contribution is 2.49. The lowest BCUT2D eigenvalue weighted by Crippen LogP contribution is -2.29. The van der Waals surface area contributed by atoms with E-state index in [4.69, 9.17) is 15.2 Å². The van der Waals surface area contributed by atoms with Crippen LogP contribution in [0, 0.1) is 5.41 Å². The Morgan fingerprint density at radius 1 is 1.10 bits per heavy atom. The van der Waals surface area contributed by atoms with Gasteiger partial charge in [-0.25, -0.2) is 0 Å². The zero-order valence-corrected chi connectivity index (χ0v) is 13.5. The maximum Gasteiger partial charge on any atom is 0.162 e. The fourth-order valence-corrected chi connectivity index (χ4v) is 3.88. The minimum absolute atomic E-state index is 0.0385. The van der Waals surface area contributed by atoms with Crippen molar-refractivity contribution in [1.82, 2.24) is 0 Å². The summed E-state index contributed by atoms with van der Waals surface area (Å²) in [7, 11) is 0. The zero-order valence-electron chi connectivity index (χ0n) is 12.0. The molecule has 0 bridgehead atoms. The van der Waals surface area contributed by atoms with Crippen molar-refractivity contribution in [3.05, 3.63) is 22.2 Å². The Labute approximate surface area is 129 Å². The molecule has 3 rings (SSSR count). The topological polar surface area (TPSA) is 44.5 Å². The summed E-state index contributed by atoms with van der Waals surface area (Å²) in [4.78, 5) is 0. The summed E-state index contributed by atoms with van der Waals surface area (Å²) in [5, 5.41) is 0. The fraction of sp³-hybridized carbons (Fsp3) is 0.625. The van der Waals surface area contributed by atoms with E-state index in [1.54, 1.807) is 0 Å². The first-order valence-corrected chi connectivity index (χ1v) is 8.24. The maximum atomic E-state index is 6.58. The Hall–Kier alpha value is -0.740. The second-order valence-corrected chi connectivity index (χ2v) is 7.06. The molecular formula is C16H22BrNO2. The van der Waals surface area contributed by atoms with Gasteiger partial charge >= 0.3 is 0 Å². The molecule has 2 N–H and O–H groups in total. The predicted molar refractivity (Wildman–Crippen MR) is 83.3 cm³/mol. The maximum absolute atomic E-state index is 6.58. The van der Waals surface area contributed by atoms with Crippen LogP contribution >= 0.6 is 15.9 Å². The summed E-state index contributed by atoms with van der Waals surface area (Å²) in [6.45, 7) is 3.73. The van der Waals surface area contributed by atoms with E-state index in [1.807, 2.05) is 6.07 Å². The van der Waals surface area contributed by atoms with Gasteiger partial charge in [-0.15, -0.1) is 0 Å². The molecule has 1 aromatic rings. The van der Waals surface area contributed by atoms with E-state index < -0.39 is 0 Å². The zero-order chi connectivity index (χ0) is 14.2. The molecule has 3 nitrogen and oxygen atoms in total. The van der Waals surface area contributed by atoms with E-state index in [2.05, 4.69) is 28.9 Å². The van der Waals surface area contributed by atoms with Gasteiger partial charge in [-0.1, -0.05) is 35.7 Å². The van der Waals surface area contributed by atoms with Crippen LogP contribution in [0.25, 0.3) is 0 Å². The lowest BCUT2D eigenvalue weighted by Gasteiger charge is -2.32. The molecule has 20 heavy (non-hydrogen) atoms. The number of halogens is 1. The second kappa shape index (κ2) is 5.57. The number of benzene rings is 1. The summed E-state index contributed by atoms with van der Waals surface area (Å²) in [5.74, 6) is 1.65. The van der Waals surface area contributed by atoms with Crippen LogP contribution in [0.4, 0.5) is 0 Å². The molecule has 4 heteroatoms. The summed E-state index contributed by atoms with van der Waals surface area (Å²) >= 11 is 3.66. The van der Waals surface area contributed by atoms with Gasteiger partial charge in [-0.05, 0) is 36.0 Å². The molecule has 0 amide bonds. The Morgan fingerprint density at radius 3 is 2.35 bits per heavy atom. The Bertz CT molecular complexity index is 497. The molecule has 0 spiro atoms. The van der Waals surface area contributed by atoms with Crippen molar-refractivity contribution >= 4 is 15.9 Å². The first-order valence-electron chi connectivity index (χ1n) is 7.45. The van der Waals surface area contributed by atoms with E-state index in [1.165, 1.54) is 25.7 Å². The molecule has 1 atom stereocenters. The van der Waals surface area contributed by atoms with Gasteiger partial charge in [0.25, 0.3) is 0 Å². The highest BCUT2D eigenvalue weighted by molar-refractivity contribution is 9.10. The van der Waals surface area contributed by atoms with Crippen molar-refractivity contribution in [3.8, 4) is 11.5 Å². The molecule has 1 saturated carbocycles. The molecule has 1 fully saturated rings. The summed E-state index contributed by atoms with van der Waals surface area (Å²) in [5.41, 5.74) is 7.92. The van der Waals surface area contributed by atoms with Crippen molar-refractivity contribution in [1.29, 1.82) is 0 Å². The summed E-state index contributed by atoms with van der Waals surface area (Å²) < 4.78 is 12.5. The smallest absolute Gasteiger partial charge is 0.162 e. The molecule has 0 radical (unpaired) electrons. The second-order valence-electron chi connectivity index (χ2n) is 6.21. The van der Waals surface area contributed by atoms with Crippen LogP contribution in [0.15, 0.2) is 16.6 Å². The van der Waals surface area contributed by atoms with Crippen LogP contribution in [0.1, 0.15) is 50.6 Å². The van der Waals surface area contributed by atoms with Crippen molar-refractivity contribution in [2.75, 3.05) is 13.2 Å². The fourth-order valence-electron chi connectivity index (χ4n) is 3.31. The van der Waals surface area contributed by atoms with Gasteiger partial charge in [-0.2, -0.15) is 0 Å². The van der Waals surface area contributed by atoms with Gasteiger partial charge in [0.1, 0.15) is 0 Å². The summed E-state index contributed by atoms with van der Waals surface area (Å²) in [6.07, 6.45) is 5.90. The van der Waals surface area contributed by atoms with E-state index >= 15 is 0 Å². The Kier molecular flexibility index (Phi) is 3.95. The number of hydrogen-bond donors (Lipinski definition) is 1. The van der Waals surface area contributed by atoms with E-state index in [9.17, 15) is 0 Å². The van der Waals surface area contributed by atoms with Crippen molar-refractivity contribution < 1.29 is 9.47 Å². The highest BCUT2D eigenvalue weighted by atomic mass is 79.9. The van der Waals surface area contributed by atoms with E-state index in [0.717, 1.165) is 28.0 Å². The van der Waals surface area contributed by atoms with Gasteiger partial charge in [0.2, 0.25) is 0 Å². The van der Waals surface area contributed by atoms with Crippen LogP contribution in [0.5, 0.6) is 11.5 Å². The van der Waals surface area contributed by atoms with Crippen LogP contribution in [-0.2, 0) is 0 Å². The Morgan fingerprint density at radius 2 is 1.70 bits per heavy atom. The van der Waals surface area contributed by atoms with Crippen LogP contribution in [0.3, 0.4) is 0 Å². The molecule has 1 aliphatic heterocycles. The SMILES string of the molecule is CC1(C(N)c2cc3c(cc2Br)OCCCO3)CCCC1. The number of hydrogen-bond acceptors (Lipinski definition) is 3. The number of fused-ring (bicyclic) bond motifs is 1. The van der Waals surface area contributed by atoms with Gasteiger partial charge in [0, 0.05) is 16.9 Å². The molecule has 110 valence electrons. The third-order valence-corrected chi connectivity index (χ3v) is 5.39. The van der Waals surface area contributed by atoms with Crippen molar-refractivity contribution in [3.63, 3.8) is 0 Å². The van der Waals surface area contributed by atoms with Crippen LogP contribution in [-0.4, -0.2) is 13.2 Å². The summed E-state index contributed by atoms with van der Waals surface area (Å²) in [6, 6.07) is 4.11. The molecule has 2 aliphatic rings. The number of rotatable bonds is 2. The van der Waals surface area contributed by atoms with Gasteiger partial charge in [-0.3, -0.25) is 0 Å². The molecule has 1 unspecified atom stereocenters. The van der Waals surface area contributed by atoms with Gasteiger partial charge < -0.3 is 15.2 Å². The molecule has 0 aromatic heterocycles. The highest BCUT2D eigenvalue weighted by Gasteiger charge is 2.37. The quantitative estimate of drug-likeness (QED) is 0.878. The van der Waals surface area contributed by atoms with Crippen molar-refractivity contribution in [2.24, 2.45) is 11.1 Å². The van der Waals surface area contributed by atoms with Crippen LogP contribution < -0.4 is 15.2 Å². The molecule has 1 aromatic carbocycles. The average Bonchev–Trinajstić information content (AvgIpc) is 2.75. The third kappa shape index (κ3) is 2.56. The normalized spacial score (nSPS) is 22.4. The largest absolute Gasteiger partial charge is 0.490 e. The average molecular weight is 340 g/mol. The monoisotopic (exact) mass is 339 g/mol. The number of nitrogens with two attached hydrogens (primary N) is 1. The first-order chi connectivity index (χ1) is 9.60. The minimum Gasteiger partial charge on any atom is -0.490 e. The lowest BCUT2D eigenvalue weighted by molar-refractivity contribution is 0.263. The lowest BCUT2D eigenvalue weighted by atomic mass is 9.78. The third-order valence-electron chi connectivity index (χ3n) is 4.70. The van der Waals surface area contributed by atoms with Crippen molar-refractivity contribution in [2.45, 2.75) is 45.1 Å². The molecule has 1 aliphatic carbocycles. The molecule has 0 saturated heterocycles. The van der Waals surface area contributed by atoms with Gasteiger partial charge in [0.05, 0.1) is 13.2 Å². The standard InChI is InChI=1S/C16H22BrNO2/c1-16(5-2-3-6-16)15(18)11-9-13-14(10-12(11)17)20-8-4-7-19-13/h9-10,15H,2-8,18H2,1H3. The molecule has 1 heterocycles. The van der Waals surface area contributed by atoms with Gasteiger partial charge in [0.15, 0.2) is 11.5 Å². The first kappa shape index (κ1) is 14.2. The molecular weight excluding hydrogens is 318 g/mol. The number of ether oxygens (including phenoxy) is 2. The van der Waals surface area contributed by atoms with E-state index in [0.29, 0.717) is 13.2 Å². The van der Waals surface area contributed by atoms with Crippen LogP contribution in [0.2, 0.25) is 0 Å². The Balaban J connectivity index is 1.95. The minimum atomic E-state index is 0.0385. The predicted octanol–water partition coefficient (Wildman–Crippen LogP) is 4.19. The van der Waals surface area contributed by atoms with E-state index in [-0.39, 0.29) is 11.5 Å².